The summed E-state index contributed by atoms with van der Waals surface area (Å²) in [6.07, 6.45) is 0.827. The van der Waals surface area contributed by atoms with Crippen LogP contribution in [0, 0.1) is 5.41 Å². The van der Waals surface area contributed by atoms with E-state index in [2.05, 4.69) is 42.0 Å². The first-order chi connectivity index (χ1) is 8.99. The highest BCUT2D eigenvalue weighted by molar-refractivity contribution is 9.10. The molecule has 0 aliphatic carbocycles. The van der Waals surface area contributed by atoms with E-state index in [9.17, 15) is 13.2 Å². The Labute approximate surface area is 132 Å². The summed E-state index contributed by atoms with van der Waals surface area (Å²) in [4.78, 5) is 11.9. The molecule has 0 unspecified atom stereocenters. The molecule has 112 valence electrons. The Kier molecular flexibility index (Phi) is 5.63. The molecule has 0 fully saturated rings. The molecule has 0 bridgehead atoms. The zero-order valence-electron chi connectivity index (χ0n) is 11.5. The van der Waals surface area contributed by atoms with Gasteiger partial charge in [-0.15, -0.1) is 0 Å². The van der Waals surface area contributed by atoms with Crippen LogP contribution >= 0.6 is 26.6 Å². The second-order valence-electron chi connectivity index (χ2n) is 5.68. The maximum Gasteiger partial charge on any atom is 0.261 e. The highest BCUT2D eigenvalue weighted by atomic mass is 79.9. The van der Waals surface area contributed by atoms with Crippen molar-refractivity contribution in [3.63, 3.8) is 0 Å². The van der Waals surface area contributed by atoms with Gasteiger partial charge < -0.3 is 5.32 Å². The quantitative estimate of drug-likeness (QED) is 0.810. The molecule has 0 aromatic heterocycles. The van der Waals surface area contributed by atoms with Gasteiger partial charge in [0.2, 0.25) is 0 Å². The van der Waals surface area contributed by atoms with Gasteiger partial charge in [0, 0.05) is 27.3 Å². The molecule has 20 heavy (non-hydrogen) atoms. The number of rotatable bonds is 4. The van der Waals surface area contributed by atoms with Crippen LogP contribution in [0.25, 0.3) is 0 Å². The number of amides is 1. The minimum absolute atomic E-state index is 0.102. The standard InChI is InChI=1S/C13H17BrClNO3S/c1-13(2,3)4-5-16-12(17)9-6-10(14)8-11(7-9)20(15,18)19/h6-8H,4-5H2,1-3H3,(H,16,17). The zero-order chi connectivity index (χ0) is 15.6. The molecule has 0 saturated carbocycles. The van der Waals surface area contributed by atoms with Crippen molar-refractivity contribution in [3.05, 3.63) is 28.2 Å². The molecule has 1 N–H and O–H groups in total. The molecule has 0 heterocycles. The smallest absolute Gasteiger partial charge is 0.261 e. The predicted molar refractivity (Wildman–Crippen MR) is 83.6 cm³/mol. The van der Waals surface area contributed by atoms with E-state index in [0.717, 1.165) is 6.42 Å². The molecule has 1 aromatic carbocycles. The first-order valence-electron chi connectivity index (χ1n) is 6.02. The lowest BCUT2D eigenvalue weighted by atomic mass is 9.92. The minimum Gasteiger partial charge on any atom is -0.352 e. The van der Waals surface area contributed by atoms with Gasteiger partial charge in [0.15, 0.2) is 0 Å². The molecule has 1 aromatic rings. The molecule has 0 atom stereocenters. The SMILES string of the molecule is CC(C)(C)CCNC(=O)c1cc(Br)cc(S(=O)(=O)Cl)c1. The Bertz CT molecular complexity index is 609. The number of carbonyl (C=O) groups is 1. The summed E-state index contributed by atoms with van der Waals surface area (Å²) in [5, 5.41) is 2.76. The van der Waals surface area contributed by atoms with Crippen LogP contribution in [0.3, 0.4) is 0 Å². The van der Waals surface area contributed by atoms with Gasteiger partial charge in [-0.2, -0.15) is 0 Å². The lowest BCUT2D eigenvalue weighted by molar-refractivity contribution is 0.0949. The van der Waals surface area contributed by atoms with Gasteiger partial charge >= 0.3 is 0 Å². The second-order valence-corrected chi connectivity index (χ2v) is 9.16. The summed E-state index contributed by atoms with van der Waals surface area (Å²) >= 11 is 3.17. The van der Waals surface area contributed by atoms with Crippen LogP contribution in [0.15, 0.2) is 27.6 Å². The van der Waals surface area contributed by atoms with Crippen molar-refractivity contribution in [1.82, 2.24) is 5.32 Å². The van der Waals surface area contributed by atoms with Crippen molar-refractivity contribution in [1.29, 1.82) is 0 Å². The van der Waals surface area contributed by atoms with Gasteiger partial charge in [-0.1, -0.05) is 36.7 Å². The molecule has 7 heteroatoms. The highest BCUT2D eigenvalue weighted by Crippen LogP contribution is 2.22. The molecule has 1 amide bonds. The van der Waals surface area contributed by atoms with Gasteiger partial charge in [-0.05, 0) is 30.0 Å². The summed E-state index contributed by atoms with van der Waals surface area (Å²) in [5.41, 5.74) is 0.377. The van der Waals surface area contributed by atoms with Crippen molar-refractivity contribution in [2.75, 3.05) is 6.54 Å². The number of benzene rings is 1. The molecule has 0 aliphatic heterocycles. The van der Waals surface area contributed by atoms with E-state index in [4.69, 9.17) is 10.7 Å². The van der Waals surface area contributed by atoms with E-state index in [-0.39, 0.29) is 21.8 Å². The third kappa shape index (κ3) is 5.81. The highest BCUT2D eigenvalue weighted by Gasteiger charge is 2.16. The molecule has 4 nitrogen and oxygen atoms in total. The maximum absolute atomic E-state index is 12.0. The average molecular weight is 383 g/mol. The zero-order valence-corrected chi connectivity index (χ0v) is 14.7. The Morgan fingerprint density at radius 1 is 1.30 bits per heavy atom. The van der Waals surface area contributed by atoms with Crippen molar-refractivity contribution in [2.24, 2.45) is 5.41 Å². The lowest BCUT2D eigenvalue weighted by Crippen LogP contribution is -2.27. The van der Waals surface area contributed by atoms with E-state index < -0.39 is 9.05 Å². The van der Waals surface area contributed by atoms with E-state index in [0.29, 0.717) is 11.0 Å². The second kappa shape index (κ2) is 6.45. The summed E-state index contributed by atoms with van der Waals surface area (Å²) < 4.78 is 23.1. The normalized spacial score (nSPS) is 12.2. The van der Waals surface area contributed by atoms with E-state index >= 15 is 0 Å². The average Bonchev–Trinajstić information content (AvgIpc) is 2.25. The van der Waals surface area contributed by atoms with Gasteiger partial charge in [0.05, 0.1) is 4.90 Å². The largest absolute Gasteiger partial charge is 0.352 e. The number of halogens is 2. The fraction of sp³-hybridized carbons (Fsp3) is 0.462. The van der Waals surface area contributed by atoms with Crippen molar-refractivity contribution in [2.45, 2.75) is 32.1 Å². The van der Waals surface area contributed by atoms with Crippen LogP contribution in [0.2, 0.25) is 0 Å². The maximum atomic E-state index is 12.0. The van der Waals surface area contributed by atoms with Crippen LogP contribution in [0.1, 0.15) is 37.6 Å². The first kappa shape index (κ1) is 17.5. The summed E-state index contributed by atoms with van der Waals surface area (Å²) in [5.74, 6) is -0.322. The van der Waals surface area contributed by atoms with Crippen LogP contribution < -0.4 is 5.32 Å². The lowest BCUT2D eigenvalue weighted by Gasteiger charge is -2.18. The number of hydrogen-bond donors (Lipinski definition) is 1. The van der Waals surface area contributed by atoms with Crippen molar-refractivity contribution < 1.29 is 13.2 Å². The third-order valence-corrected chi connectivity index (χ3v) is 4.37. The van der Waals surface area contributed by atoms with E-state index in [1.165, 1.54) is 12.1 Å². The number of nitrogens with one attached hydrogen (secondary N) is 1. The van der Waals surface area contributed by atoms with Gasteiger partial charge in [0.25, 0.3) is 15.0 Å². The van der Waals surface area contributed by atoms with Crippen LogP contribution in [0.4, 0.5) is 0 Å². The summed E-state index contributed by atoms with van der Waals surface area (Å²) in [6, 6.07) is 4.17. The van der Waals surface area contributed by atoms with Crippen molar-refractivity contribution in [3.8, 4) is 0 Å². The molecular weight excluding hydrogens is 366 g/mol. The predicted octanol–water partition coefficient (Wildman–Crippen LogP) is 3.54. The first-order valence-corrected chi connectivity index (χ1v) is 9.13. The molecule has 0 radical (unpaired) electrons. The molecule has 0 saturated heterocycles. The fourth-order valence-electron chi connectivity index (χ4n) is 1.49. The van der Waals surface area contributed by atoms with Gasteiger partial charge in [-0.3, -0.25) is 4.79 Å². The topological polar surface area (TPSA) is 63.2 Å². The van der Waals surface area contributed by atoms with Gasteiger partial charge in [-0.25, -0.2) is 8.42 Å². The summed E-state index contributed by atoms with van der Waals surface area (Å²) in [7, 11) is 1.43. The molecule has 0 spiro atoms. The Hall–Kier alpha value is -0.590. The Balaban J connectivity index is 2.86. The number of carbonyl (C=O) groups excluding carboxylic acids is 1. The van der Waals surface area contributed by atoms with E-state index in [1.807, 2.05) is 0 Å². The Morgan fingerprint density at radius 3 is 2.40 bits per heavy atom. The fourth-order valence-corrected chi connectivity index (χ4v) is 2.94. The Morgan fingerprint density at radius 2 is 1.90 bits per heavy atom. The minimum atomic E-state index is -3.86. The van der Waals surface area contributed by atoms with Crippen LogP contribution in [-0.4, -0.2) is 20.9 Å². The monoisotopic (exact) mass is 381 g/mol. The molecule has 0 aliphatic rings. The molecular formula is C13H17BrClNO3S. The van der Waals surface area contributed by atoms with Crippen molar-refractivity contribution >= 4 is 41.6 Å². The third-order valence-electron chi connectivity index (χ3n) is 2.58. The van der Waals surface area contributed by atoms with Gasteiger partial charge in [0.1, 0.15) is 0 Å². The van der Waals surface area contributed by atoms with Crippen LogP contribution in [-0.2, 0) is 9.05 Å². The van der Waals surface area contributed by atoms with E-state index in [1.54, 1.807) is 6.07 Å². The number of hydrogen-bond acceptors (Lipinski definition) is 3. The van der Waals surface area contributed by atoms with Crippen LogP contribution in [0.5, 0.6) is 0 Å². The molecule has 1 rings (SSSR count). The summed E-state index contributed by atoms with van der Waals surface area (Å²) in [6.45, 7) is 6.76.